The largest absolute Gasteiger partial charge is 0.472 e. The molecule has 5 atom stereocenters. The van der Waals surface area contributed by atoms with E-state index in [-0.39, 0.29) is 25.7 Å². The maximum absolute atomic E-state index is 13.1. The SMILES string of the molecule is CCCCC/C=C\C/C=C\C/C=C\C/C=C\CCCC(=O)OC[C@H](COP(=O)(O)OC[C@@H](O)COP(=O)(O)OC[C@@H](COC(=O)CCCCCCC/C=C\CCCCCCCC)OC(=O)CCCCCCC/C=C\CCCCCCCC)OC(=O)CCCCCCC/C=C\CCCCCC. The summed E-state index contributed by atoms with van der Waals surface area (Å²) in [5.74, 6) is -2.25. The molecule has 0 amide bonds. The Hall–Kier alpha value is -3.76. The second kappa shape index (κ2) is 73.5. The summed E-state index contributed by atoms with van der Waals surface area (Å²) in [6.45, 7) is 4.77. The second-order valence-electron chi connectivity index (χ2n) is 26.6. The minimum Gasteiger partial charge on any atom is -0.462 e. The predicted molar refractivity (Wildman–Crippen MR) is 409 cm³/mol. The van der Waals surface area contributed by atoms with Crippen molar-refractivity contribution in [2.75, 3.05) is 39.6 Å². The van der Waals surface area contributed by atoms with Crippen molar-refractivity contribution in [1.29, 1.82) is 0 Å². The number of aliphatic hydroxyl groups excluding tert-OH is 1. The van der Waals surface area contributed by atoms with Crippen LogP contribution in [0.5, 0.6) is 0 Å². The molecule has 0 aliphatic carbocycles. The highest BCUT2D eigenvalue weighted by Gasteiger charge is 2.30. The summed E-state index contributed by atoms with van der Waals surface area (Å²) in [5.41, 5.74) is 0. The van der Waals surface area contributed by atoms with E-state index in [1.807, 2.05) is 12.2 Å². The van der Waals surface area contributed by atoms with E-state index < -0.39 is 97.5 Å². The Morgan fingerprint density at radius 2 is 0.500 bits per heavy atom. The van der Waals surface area contributed by atoms with E-state index in [2.05, 4.69) is 101 Å². The summed E-state index contributed by atoms with van der Waals surface area (Å²) in [5, 5.41) is 10.6. The zero-order valence-corrected chi connectivity index (χ0v) is 65.2. The van der Waals surface area contributed by atoms with Gasteiger partial charge in [0, 0.05) is 25.7 Å². The van der Waals surface area contributed by atoms with Crippen LogP contribution in [0.25, 0.3) is 0 Å². The van der Waals surface area contributed by atoms with Crippen LogP contribution in [0.4, 0.5) is 0 Å². The Kier molecular flexibility index (Phi) is 70.8. The number of esters is 4. The number of rotatable bonds is 75. The van der Waals surface area contributed by atoms with Gasteiger partial charge in [-0.15, -0.1) is 0 Å². The van der Waals surface area contributed by atoms with Crippen LogP contribution in [0.3, 0.4) is 0 Å². The lowest BCUT2D eigenvalue weighted by molar-refractivity contribution is -0.161. The van der Waals surface area contributed by atoms with Crippen LogP contribution < -0.4 is 0 Å². The average Bonchev–Trinajstić information content (AvgIpc) is 0.965. The summed E-state index contributed by atoms with van der Waals surface area (Å²) >= 11 is 0. The van der Waals surface area contributed by atoms with Gasteiger partial charge in [-0.2, -0.15) is 0 Å². The van der Waals surface area contributed by atoms with E-state index in [1.54, 1.807) is 0 Å². The minimum atomic E-state index is -4.99. The third kappa shape index (κ3) is 72.6. The maximum Gasteiger partial charge on any atom is 0.472 e. The molecule has 100 heavy (non-hydrogen) atoms. The summed E-state index contributed by atoms with van der Waals surface area (Å²) in [7, 11) is -9.97. The fourth-order valence-corrected chi connectivity index (χ4v) is 12.2. The van der Waals surface area contributed by atoms with Crippen LogP contribution in [0, 0.1) is 0 Å². The maximum atomic E-state index is 13.1. The van der Waals surface area contributed by atoms with Crippen molar-refractivity contribution in [2.45, 2.75) is 367 Å². The van der Waals surface area contributed by atoms with Gasteiger partial charge < -0.3 is 33.8 Å². The molecule has 2 unspecified atom stereocenters. The van der Waals surface area contributed by atoms with Crippen molar-refractivity contribution in [3.05, 3.63) is 85.1 Å². The van der Waals surface area contributed by atoms with Crippen molar-refractivity contribution in [2.24, 2.45) is 0 Å². The van der Waals surface area contributed by atoms with Gasteiger partial charge in [-0.1, -0.05) is 267 Å². The van der Waals surface area contributed by atoms with Crippen molar-refractivity contribution in [3.63, 3.8) is 0 Å². The highest BCUT2D eigenvalue weighted by molar-refractivity contribution is 7.47. The zero-order valence-electron chi connectivity index (χ0n) is 63.4. The number of hydrogen-bond acceptors (Lipinski definition) is 15. The second-order valence-corrected chi connectivity index (χ2v) is 29.5. The molecule has 0 saturated carbocycles. The quantitative estimate of drug-likeness (QED) is 0.0169. The first-order valence-electron chi connectivity index (χ1n) is 39.8. The predicted octanol–water partition coefficient (Wildman–Crippen LogP) is 23.0. The fourth-order valence-electron chi connectivity index (χ4n) is 10.7. The van der Waals surface area contributed by atoms with Crippen molar-refractivity contribution < 1.29 is 80.2 Å². The first-order valence-corrected chi connectivity index (χ1v) is 42.8. The van der Waals surface area contributed by atoms with Gasteiger partial charge in [-0.25, -0.2) is 9.13 Å². The fraction of sp³-hybridized carbons (Fsp3) is 0.778. The highest BCUT2D eigenvalue weighted by atomic mass is 31.2. The van der Waals surface area contributed by atoms with Gasteiger partial charge in [-0.05, 0) is 141 Å². The molecule has 0 bridgehead atoms. The van der Waals surface area contributed by atoms with E-state index in [0.29, 0.717) is 32.1 Å². The van der Waals surface area contributed by atoms with Gasteiger partial charge >= 0.3 is 39.5 Å². The molecule has 19 heteroatoms. The van der Waals surface area contributed by atoms with Crippen LogP contribution in [0.15, 0.2) is 85.1 Å². The van der Waals surface area contributed by atoms with Crippen LogP contribution in [0.1, 0.15) is 349 Å². The van der Waals surface area contributed by atoms with Crippen LogP contribution in [0.2, 0.25) is 0 Å². The number of allylic oxidation sites excluding steroid dienone is 14. The number of phosphoric acid groups is 2. The van der Waals surface area contributed by atoms with Gasteiger partial charge in [0.05, 0.1) is 26.4 Å². The Morgan fingerprint density at radius 1 is 0.280 bits per heavy atom. The van der Waals surface area contributed by atoms with Crippen molar-refractivity contribution in [1.82, 2.24) is 0 Å². The van der Waals surface area contributed by atoms with Crippen LogP contribution in [-0.4, -0.2) is 96.7 Å². The molecule has 0 spiro atoms. The van der Waals surface area contributed by atoms with E-state index in [0.717, 1.165) is 141 Å². The van der Waals surface area contributed by atoms with Crippen molar-refractivity contribution >= 4 is 39.5 Å². The lowest BCUT2D eigenvalue weighted by Crippen LogP contribution is -2.30. The monoisotopic (exact) mass is 1450 g/mol. The molecule has 0 fully saturated rings. The number of phosphoric ester groups is 2. The molecule has 0 heterocycles. The molecular formula is C81H144O17P2. The third-order valence-corrected chi connectivity index (χ3v) is 18.7. The Labute approximate surface area is 608 Å². The molecule has 0 aliphatic heterocycles. The first-order chi connectivity index (χ1) is 48.7. The molecule has 3 N–H and O–H groups in total. The van der Waals surface area contributed by atoms with E-state index in [4.69, 9.17) is 37.0 Å². The lowest BCUT2D eigenvalue weighted by Gasteiger charge is -2.21. The van der Waals surface area contributed by atoms with E-state index in [1.165, 1.54) is 122 Å². The average molecular weight is 1450 g/mol. The molecule has 0 radical (unpaired) electrons. The summed E-state index contributed by atoms with van der Waals surface area (Å²) in [6.07, 6.45) is 75.7. The highest BCUT2D eigenvalue weighted by Crippen LogP contribution is 2.45. The molecule has 0 aromatic rings. The first kappa shape index (κ1) is 96.2. The molecule has 0 saturated heterocycles. The van der Waals surface area contributed by atoms with Gasteiger partial charge in [0.1, 0.15) is 19.3 Å². The molecule has 0 rings (SSSR count). The number of aliphatic hydroxyl groups is 1. The summed E-state index contributed by atoms with van der Waals surface area (Å²) in [6, 6.07) is 0. The molecule has 17 nitrogen and oxygen atoms in total. The number of carbonyl (C=O) groups is 4. The van der Waals surface area contributed by atoms with E-state index >= 15 is 0 Å². The number of ether oxygens (including phenoxy) is 4. The standard InChI is InChI=1S/C81H144O17P2/c1-5-9-13-17-21-25-29-33-36-37-40-43-46-50-54-58-62-66-79(84)92-71-76(97-80(85)67-63-59-55-51-47-41-32-28-24-20-16-12-8-4)73-95-99(87,88)93-69-75(82)70-94-100(89,90)96-74-77(98-81(86)68-64-60-56-52-48-44-39-35-31-27-23-19-15-11-7-3)72-91-78(83)65-61-57-53-49-45-42-38-34-30-26-22-18-14-10-6-2/h21,25,28,32-36,38-40,43,50,54,75-77,82H,5-20,22-24,26-27,29-31,37,41-42,44-49,51-53,55-74H2,1-4H3,(H,87,88)(H,89,90)/b25-21-,32-28-,36-33-,38-34-,39-35-,43-40-,54-50-/t75-,76-,77-/m1/s1. The van der Waals surface area contributed by atoms with Crippen LogP contribution in [-0.2, 0) is 65.4 Å². The van der Waals surface area contributed by atoms with Crippen molar-refractivity contribution in [3.8, 4) is 0 Å². The minimum absolute atomic E-state index is 0.0742. The van der Waals surface area contributed by atoms with E-state index in [9.17, 15) is 43.2 Å². The van der Waals surface area contributed by atoms with Crippen LogP contribution >= 0.6 is 15.6 Å². The summed E-state index contributed by atoms with van der Waals surface area (Å²) in [4.78, 5) is 72.9. The Bertz CT molecular complexity index is 2230. The lowest BCUT2D eigenvalue weighted by atomic mass is 10.1. The molecule has 0 aromatic heterocycles. The van der Waals surface area contributed by atoms with Gasteiger partial charge in [0.15, 0.2) is 12.2 Å². The molecular weight excluding hydrogens is 1310 g/mol. The topological polar surface area (TPSA) is 237 Å². The van der Waals surface area contributed by atoms with Gasteiger partial charge in [0.2, 0.25) is 0 Å². The number of carbonyl (C=O) groups excluding carboxylic acids is 4. The Balaban J connectivity index is 5.39. The molecule has 0 aliphatic rings. The zero-order chi connectivity index (χ0) is 73.2. The smallest absolute Gasteiger partial charge is 0.462 e. The number of hydrogen-bond donors (Lipinski definition) is 3. The Morgan fingerprint density at radius 3 is 0.830 bits per heavy atom. The summed E-state index contributed by atoms with van der Waals surface area (Å²) < 4.78 is 68.5. The molecule has 0 aromatic carbocycles. The van der Waals surface area contributed by atoms with Gasteiger partial charge in [-0.3, -0.25) is 37.3 Å². The third-order valence-electron chi connectivity index (χ3n) is 16.8. The number of unbranched alkanes of at least 4 members (excludes halogenated alkanes) is 35. The normalized spacial score (nSPS) is 14.3. The molecule has 580 valence electrons. The van der Waals surface area contributed by atoms with Gasteiger partial charge in [0.25, 0.3) is 0 Å².